The van der Waals surface area contributed by atoms with Crippen LogP contribution in [0.15, 0.2) is 0 Å². The number of rotatable bonds is 3. The summed E-state index contributed by atoms with van der Waals surface area (Å²) in [5, 5.41) is 0. The molecule has 15 fully saturated rings. The first-order chi connectivity index (χ1) is 41.9. The van der Waals surface area contributed by atoms with Crippen molar-refractivity contribution in [2.75, 3.05) is 0 Å². The lowest BCUT2D eigenvalue weighted by Crippen LogP contribution is -2.38. The molecule has 0 heterocycles. The molecule has 15 aliphatic rings. The second kappa shape index (κ2) is 36.0. The van der Waals surface area contributed by atoms with Crippen LogP contribution >= 0.6 is 0 Å². The highest BCUT2D eigenvalue weighted by Gasteiger charge is 2.50. The normalized spacial score (nSPS) is 42.5. The average Bonchev–Trinajstić information content (AvgIpc) is 2.73. The Hall–Kier alpha value is 0. The van der Waals surface area contributed by atoms with E-state index < -0.39 is 0 Å². The van der Waals surface area contributed by atoms with Crippen molar-refractivity contribution < 1.29 is 0 Å². The highest BCUT2D eigenvalue weighted by atomic mass is 14.6. The zero-order valence-electron chi connectivity index (χ0n) is 65.5. The van der Waals surface area contributed by atoms with E-state index in [0.717, 1.165) is 136 Å². The van der Waals surface area contributed by atoms with Crippen LogP contribution in [0.3, 0.4) is 0 Å². The minimum Gasteiger partial charge on any atom is -0.0651 e. The molecular weight excluding hydrogens is 1070 g/mol. The lowest BCUT2D eigenvalue weighted by molar-refractivity contribution is 0.0286. The zero-order chi connectivity index (χ0) is 65.5. The molecule has 89 heavy (non-hydrogen) atoms. The molecule has 0 amide bonds. The fourth-order valence-corrected chi connectivity index (χ4v) is 23.3. The predicted octanol–water partition coefficient (Wildman–Crippen LogP) is 29.6. The third-order valence-corrected chi connectivity index (χ3v) is 33.0. The fraction of sp³-hybridized carbons (Fsp3) is 1.00. The van der Waals surface area contributed by atoms with E-state index in [-0.39, 0.29) is 0 Å². The topological polar surface area (TPSA) is 0 Å². The third-order valence-electron chi connectivity index (χ3n) is 33.0. The van der Waals surface area contributed by atoms with Crippen molar-refractivity contribution in [1.82, 2.24) is 0 Å². The summed E-state index contributed by atoms with van der Waals surface area (Å²) in [6.45, 7) is 53.0. The van der Waals surface area contributed by atoms with Crippen molar-refractivity contribution >= 4 is 0 Å². The van der Waals surface area contributed by atoms with Gasteiger partial charge in [-0.2, -0.15) is 0 Å². The SMILES string of the molecule is CC1C(C)(C)CCCC1(C)C.CC1C2CCC(C2)[C@H]1C.CC1CCCC(C)C1C.CCC1CC2CCC1C2.CCC1CCCC1.CCC1CCCCC1.C[C@@H]1C2CCC(C2)C1(C)C.C[C@@H]1CCCCC1(C)C.C[C@H]1CC2CCC1(C)C2.C[C@H]1CC2CCC1C2. The van der Waals surface area contributed by atoms with Gasteiger partial charge in [0.05, 0.1) is 0 Å². The van der Waals surface area contributed by atoms with Crippen LogP contribution in [0.1, 0.15) is 409 Å². The van der Waals surface area contributed by atoms with E-state index in [1.807, 2.05) is 0 Å². The third kappa shape index (κ3) is 22.5. The molecule has 15 rings (SSSR count). The van der Waals surface area contributed by atoms with Gasteiger partial charge in [-0.05, 0) is 279 Å². The van der Waals surface area contributed by atoms with E-state index in [4.69, 9.17) is 0 Å². The highest BCUT2D eigenvalue weighted by Crippen LogP contribution is 2.60. The molecule has 14 unspecified atom stereocenters. The van der Waals surface area contributed by atoms with Crippen LogP contribution in [-0.2, 0) is 0 Å². The van der Waals surface area contributed by atoms with Gasteiger partial charge in [-0.15, -0.1) is 0 Å². The molecule has 10 bridgehead atoms. The van der Waals surface area contributed by atoms with Crippen molar-refractivity contribution in [3.05, 3.63) is 0 Å². The number of hydrogen-bond acceptors (Lipinski definition) is 0. The standard InChI is InChI=1S/C11H22.C10H18.3C9H16.2C9H18.C8H14.C8H16.C7H14/c1-9-10(2,3)7-6-8-11(9,4)5;1-7-8-4-5-9(6-8)10(7,2)3;1-7-5-8-3-4-9(7,2)6-8;1-6-7(2)9-4-3-8(6)5-9;1-2-8-5-7-3-4-9(8)6-7;1-8-6-4-5-7-9(8,2)3;1-7-5-4-6-8(2)9(7)3;1-6-4-7-2-3-8(6)5-7;1-2-8-6-4-3-5-7-8;1-2-7-5-3-4-6-7/h9H,6-8H2,1-5H3;7-9H,4-6H2,1-3H3;7-8H,3-6H2,1-2H3;6-9H,3-5H2,1-2H3;7-9H,2-6H2,1H3;8H,4-7H2,1-3H3;7-9H,4-6H2,1-3H3;6-8H,2-5H2,1H3;8H,2-7H2,1H3;7H,2-6H2,1H3/t;2*7-,8?,9?;6-,7?,8?,9?;;8-;;6-,7?,8?;;/m.100.1.0../s1. The van der Waals surface area contributed by atoms with Gasteiger partial charge in [0.2, 0.25) is 0 Å². The summed E-state index contributed by atoms with van der Waals surface area (Å²) in [4.78, 5) is 0. The summed E-state index contributed by atoms with van der Waals surface area (Å²) in [6, 6.07) is 0. The van der Waals surface area contributed by atoms with Gasteiger partial charge in [0.15, 0.2) is 0 Å². The van der Waals surface area contributed by atoms with E-state index in [0.29, 0.717) is 21.7 Å². The Bertz CT molecular complexity index is 1840. The Morgan fingerprint density at radius 3 is 1.07 bits per heavy atom. The van der Waals surface area contributed by atoms with E-state index in [9.17, 15) is 0 Å². The predicted molar refractivity (Wildman–Crippen MR) is 398 cm³/mol. The molecule has 0 heteroatoms. The first-order valence-electron chi connectivity index (χ1n) is 41.9. The maximum atomic E-state index is 2.48. The Morgan fingerprint density at radius 1 is 0.303 bits per heavy atom. The average molecular weight is 1240 g/mol. The smallest absolute Gasteiger partial charge is 0.0297 e. The van der Waals surface area contributed by atoms with E-state index in [1.54, 1.807) is 57.8 Å². The molecule has 0 aromatic heterocycles. The van der Waals surface area contributed by atoms with E-state index >= 15 is 0 Å². The molecule has 15 aliphatic carbocycles. The molecule has 0 aromatic carbocycles. The van der Waals surface area contributed by atoms with Gasteiger partial charge in [0.1, 0.15) is 0 Å². The van der Waals surface area contributed by atoms with E-state index in [1.165, 1.54) is 199 Å². The minimum atomic E-state index is 0.571. The zero-order valence-corrected chi connectivity index (χ0v) is 65.5. The fourth-order valence-electron chi connectivity index (χ4n) is 23.3. The van der Waals surface area contributed by atoms with Crippen LogP contribution in [-0.4, -0.2) is 0 Å². The lowest BCUT2D eigenvalue weighted by Gasteiger charge is -2.47. The molecule has 0 aliphatic heterocycles. The molecule has 0 saturated heterocycles. The van der Waals surface area contributed by atoms with Crippen molar-refractivity contribution in [1.29, 1.82) is 0 Å². The summed E-state index contributed by atoms with van der Waals surface area (Å²) in [7, 11) is 0. The molecule has 0 N–H and O–H groups in total. The van der Waals surface area contributed by atoms with Gasteiger partial charge >= 0.3 is 0 Å². The maximum absolute atomic E-state index is 2.48. The van der Waals surface area contributed by atoms with Crippen molar-refractivity contribution in [2.24, 2.45) is 157 Å². The number of hydrogen-bond donors (Lipinski definition) is 0. The van der Waals surface area contributed by atoms with Crippen LogP contribution in [0.5, 0.6) is 0 Å². The van der Waals surface area contributed by atoms with Crippen molar-refractivity contribution in [2.45, 2.75) is 409 Å². The summed E-state index contributed by atoms with van der Waals surface area (Å²) in [5.74, 6) is 23.3. The van der Waals surface area contributed by atoms with Crippen molar-refractivity contribution in [3.63, 3.8) is 0 Å². The minimum absolute atomic E-state index is 0.571. The lowest BCUT2D eigenvalue weighted by atomic mass is 9.58. The first kappa shape index (κ1) is 78.0. The summed E-state index contributed by atoms with van der Waals surface area (Å²) in [6.07, 6.45) is 60.1. The van der Waals surface area contributed by atoms with Crippen LogP contribution in [0.25, 0.3) is 0 Å². The van der Waals surface area contributed by atoms with Crippen LogP contribution in [0.4, 0.5) is 0 Å². The van der Waals surface area contributed by atoms with Crippen LogP contribution in [0, 0.1) is 157 Å². The maximum Gasteiger partial charge on any atom is -0.0297 e. The number of fused-ring (bicyclic) bond motifs is 10. The summed E-state index contributed by atoms with van der Waals surface area (Å²) < 4.78 is 0. The second-order valence-electron chi connectivity index (χ2n) is 39.7. The molecule has 524 valence electrons. The summed E-state index contributed by atoms with van der Waals surface area (Å²) in [5.41, 5.74) is 3.22. The molecule has 0 nitrogen and oxygen atoms in total. The van der Waals surface area contributed by atoms with Crippen LogP contribution in [0.2, 0.25) is 0 Å². The Balaban J connectivity index is 0.000000158. The molecular formula is C89H168. The molecule has 19 atom stereocenters. The Morgan fingerprint density at radius 2 is 0.798 bits per heavy atom. The monoisotopic (exact) mass is 1240 g/mol. The van der Waals surface area contributed by atoms with Gasteiger partial charge in [0.25, 0.3) is 0 Å². The second-order valence-corrected chi connectivity index (χ2v) is 39.7. The van der Waals surface area contributed by atoms with Gasteiger partial charge < -0.3 is 0 Å². The van der Waals surface area contributed by atoms with Gasteiger partial charge in [-0.1, -0.05) is 287 Å². The molecule has 0 aromatic rings. The van der Waals surface area contributed by atoms with Crippen molar-refractivity contribution in [3.8, 4) is 0 Å². The van der Waals surface area contributed by atoms with Crippen LogP contribution < -0.4 is 0 Å². The van der Waals surface area contributed by atoms with Gasteiger partial charge in [-0.3, -0.25) is 0 Å². The van der Waals surface area contributed by atoms with Gasteiger partial charge in [0, 0.05) is 0 Å². The Kier molecular flexibility index (Phi) is 31.6. The largest absolute Gasteiger partial charge is 0.0651 e. The molecule has 0 radical (unpaired) electrons. The first-order valence-corrected chi connectivity index (χ1v) is 41.9. The highest BCUT2D eigenvalue weighted by molar-refractivity contribution is 5.00. The Labute approximate surface area is 563 Å². The summed E-state index contributed by atoms with van der Waals surface area (Å²) >= 11 is 0. The van der Waals surface area contributed by atoms with Gasteiger partial charge in [-0.25, -0.2) is 0 Å². The quantitative estimate of drug-likeness (QED) is 0.264. The molecule has 15 saturated carbocycles. The molecule has 0 spiro atoms. The van der Waals surface area contributed by atoms with E-state index in [2.05, 4.69) is 152 Å².